The van der Waals surface area contributed by atoms with E-state index in [1.54, 1.807) is 24.3 Å². The molecule has 1 atom stereocenters. The Morgan fingerprint density at radius 1 is 0.826 bits per heavy atom. The summed E-state index contributed by atoms with van der Waals surface area (Å²) >= 11 is 0. The van der Waals surface area contributed by atoms with Gasteiger partial charge >= 0.3 is 6.18 Å². The number of piperazine rings is 1. The van der Waals surface area contributed by atoms with Gasteiger partial charge in [0.1, 0.15) is 0 Å². The highest BCUT2D eigenvalue weighted by molar-refractivity contribution is 6.08. The molecule has 2 N–H and O–H groups in total. The summed E-state index contributed by atoms with van der Waals surface area (Å²) in [5, 5.41) is 6.03. The summed E-state index contributed by atoms with van der Waals surface area (Å²) in [4.78, 5) is 31.0. The maximum absolute atomic E-state index is 13.2. The van der Waals surface area contributed by atoms with Gasteiger partial charge in [0.05, 0.1) is 11.5 Å². The minimum atomic E-state index is -4.42. The summed E-state index contributed by atoms with van der Waals surface area (Å²) in [6.07, 6.45) is -2.43. The van der Waals surface area contributed by atoms with Crippen LogP contribution < -0.4 is 15.5 Å². The lowest BCUT2D eigenvalue weighted by atomic mass is 9.97. The molecule has 1 saturated heterocycles. The molecule has 0 saturated carbocycles. The Bertz CT molecular complexity index is 1600. The van der Waals surface area contributed by atoms with Gasteiger partial charge in [-0.3, -0.25) is 14.5 Å². The van der Waals surface area contributed by atoms with Crippen LogP contribution in [0, 0.1) is 0 Å². The molecule has 0 bridgehead atoms. The molecule has 4 aromatic carbocycles. The Hall–Kier alpha value is -4.63. The average Bonchev–Trinajstić information content (AvgIpc) is 3.08. The van der Waals surface area contributed by atoms with Gasteiger partial charge in [0.2, 0.25) is 5.91 Å². The molecular weight excluding hydrogens is 589 g/mol. The van der Waals surface area contributed by atoms with Crippen molar-refractivity contribution in [1.82, 2.24) is 10.2 Å². The minimum Gasteiger partial charge on any atom is -0.369 e. The molecule has 6 nitrogen and oxygen atoms in total. The summed E-state index contributed by atoms with van der Waals surface area (Å²) in [5.74, 6) is -0.498. The number of rotatable bonds is 11. The molecular formula is C37H43F3N4O2. The molecule has 46 heavy (non-hydrogen) atoms. The van der Waals surface area contributed by atoms with E-state index in [0.717, 1.165) is 62.4 Å². The summed E-state index contributed by atoms with van der Waals surface area (Å²) in [5.41, 5.74) is 3.40. The topological polar surface area (TPSA) is 64.7 Å². The van der Waals surface area contributed by atoms with E-state index in [9.17, 15) is 22.8 Å². The number of nitrogens with zero attached hydrogens (tertiary/aromatic N) is 2. The maximum Gasteiger partial charge on any atom is 0.416 e. The van der Waals surface area contributed by atoms with E-state index in [2.05, 4.69) is 27.4 Å². The van der Waals surface area contributed by atoms with E-state index >= 15 is 0 Å². The highest BCUT2D eigenvalue weighted by Gasteiger charge is 2.30. The normalized spacial score (nSPS) is 14.5. The zero-order chi connectivity index (χ0) is 32.5. The Balaban J connectivity index is 0.00000312. The molecule has 0 aliphatic carbocycles. The highest BCUT2D eigenvalue weighted by atomic mass is 19.4. The first-order chi connectivity index (χ1) is 22.2. The van der Waals surface area contributed by atoms with Gasteiger partial charge in [0, 0.05) is 59.1 Å². The fraction of sp³-hybridized carbons (Fsp3) is 0.297. The molecule has 9 heteroatoms. The number of carbonyl (C=O) groups excluding carboxylic acids is 2. The van der Waals surface area contributed by atoms with Crippen LogP contribution in [0.2, 0.25) is 0 Å². The lowest BCUT2D eigenvalue weighted by molar-refractivity contribution is -0.137. The van der Waals surface area contributed by atoms with Crippen LogP contribution in [0.4, 0.5) is 24.5 Å². The second-order valence-corrected chi connectivity index (χ2v) is 11.5. The number of halogens is 3. The van der Waals surface area contributed by atoms with Crippen molar-refractivity contribution in [3.8, 4) is 11.1 Å². The van der Waals surface area contributed by atoms with Gasteiger partial charge in [0.15, 0.2) is 0 Å². The predicted octanol–water partition coefficient (Wildman–Crippen LogP) is 7.94. The van der Waals surface area contributed by atoms with Gasteiger partial charge in [-0.25, -0.2) is 0 Å². The SMILES string of the molecule is CCCCNC(=O)C(CN1CCN(c2ccc(NC(=O)c3ccccc3-c3ccc(C(F)(F)F)cc3)cc2)CC1)c1ccccc1.[HH].[HH]. The molecule has 5 rings (SSSR count). The molecule has 1 aliphatic heterocycles. The number of alkyl halides is 3. The molecule has 0 spiro atoms. The number of unbranched alkanes of at least 4 members (excludes halogenated alkanes) is 1. The number of anilines is 2. The molecule has 1 fully saturated rings. The van der Waals surface area contributed by atoms with Crippen LogP contribution in [0.5, 0.6) is 0 Å². The predicted molar refractivity (Wildman–Crippen MR) is 181 cm³/mol. The first-order valence-corrected chi connectivity index (χ1v) is 15.7. The Kier molecular flexibility index (Phi) is 10.8. The fourth-order valence-electron chi connectivity index (χ4n) is 5.71. The lowest BCUT2D eigenvalue weighted by Crippen LogP contribution is -2.49. The van der Waals surface area contributed by atoms with E-state index < -0.39 is 11.7 Å². The van der Waals surface area contributed by atoms with Gasteiger partial charge in [-0.05, 0) is 65.6 Å². The number of amides is 2. The smallest absolute Gasteiger partial charge is 0.369 e. The molecule has 1 unspecified atom stereocenters. The van der Waals surface area contributed by atoms with Crippen molar-refractivity contribution in [3.63, 3.8) is 0 Å². The second kappa shape index (κ2) is 15.1. The summed E-state index contributed by atoms with van der Waals surface area (Å²) in [6, 6.07) is 29.3. The van der Waals surface area contributed by atoms with Crippen molar-refractivity contribution in [3.05, 3.63) is 120 Å². The Labute approximate surface area is 271 Å². The fourth-order valence-corrected chi connectivity index (χ4v) is 5.71. The Morgan fingerprint density at radius 2 is 1.48 bits per heavy atom. The Morgan fingerprint density at radius 3 is 2.13 bits per heavy atom. The third-order valence-corrected chi connectivity index (χ3v) is 8.35. The molecule has 2 amide bonds. The van der Waals surface area contributed by atoms with E-state index in [1.165, 1.54) is 12.1 Å². The van der Waals surface area contributed by atoms with Gasteiger partial charge in [-0.15, -0.1) is 0 Å². The van der Waals surface area contributed by atoms with E-state index in [-0.39, 0.29) is 20.6 Å². The van der Waals surface area contributed by atoms with Gasteiger partial charge in [-0.1, -0.05) is 74.0 Å². The lowest BCUT2D eigenvalue weighted by Gasteiger charge is -2.37. The van der Waals surface area contributed by atoms with Crippen LogP contribution in [0.25, 0.3) is 11.1 Å². The summed E-state index contributed by atoms with van der Waals surface area (Å²) < 4.78 is 39.1. The number of benzene rings is 4. The quantitative estimate of drug-likeness (QED) is 0.165. The summed E-state index contributed by atoms with van der Waals surface area (Å²) in [6.45, 7) is 6.73. The molecule has 4 aromatic rings. The van der Waals surface area contributed by atoms with Crippen LogP contribution in [-0.2, 0) is 11.0 Å². The van der Waals surface area contributed by atoms with Crippen molar-refractivity contribution >= 4 is 23.2 Å². The molecule has 0 aromatic heterocycles. The van der Waals surface area contributed by atoms with Crippen molar-refractivity contribution < 1.29 is 25.6 Å². The first kappa shape index (κ1) is 32.8. The van der Waals surface area contributed by atoms with Gasteiger partial charge in [-0.2, -0.15) is 13.2 Å². The minimum absolute atomic E-state index is 0. The molecule has 244 valence electrons. The van der Waals surface area contributed by atoms with Crippen LogP contribution in [0.15, 0.2) is 103 Å². The first-order valence-electron chi connectivity index (χ1n) is 15.7. The third kappa shape index (κ3) is 8.34. The van der Waals surface area contributed by atoms with Gasteiger partial charge < -0.3 is 15.5 Å². The highest BCUT2D eigenvalue weighted by Crippen LogP contribution is 2.32. The average molecular weight is 633 g/mol. The number of hydrogen-bond acceptors (Lipinski definition) is 4. The number of carbonyl (C=O) groups is 2. The number of hydrogen-bond donors (Lipinski definition) is 2. The van der Waals surface area contributed by atoms with E-state index in [4.69, 9.17) is 0 Å². The van der Waals surface area contributed by atoms with E-state index in [1.807, 2.05) is 54.6 Å². The van der Waals surface area contributed by atoms with Crippen molar-refractivity contribution in [2.45, 2.75) is 31.9 Å². The van der Waals surface area contributed by atoms with Crippen LogP contribution >= 0.6 is 0 Å². The van der Waals surface area contributed by atoms with Crippen LogP contribution in [-0.4, -0.2) is 56.0 Å². The van der Waals surface area contributed by atoms with Crippen molar-refractivity contribution in [2.24, 2.45) is 0 Å². The molecule has 1 heterocycles. The molecule has 0 radical (unpaired) electrons. The maximum atomic E-state index is 13.2. The zero-order valence-corrected chi connectivity index (χ0v) is 25.9. The van der Waals surface area contributed by atoms with Crippen LogP contribution in [0.3, 0.4) is 0 Å². The van der Waals surface area contributed by atoms with Gasteiger partial charge in [0.25, 0.3) is 5.91 Å². The van der Waals surface area contributed by atoms with Crippen LogP contribution in [0.1, 0.15) is 50.0 Å². The largest absolute Gasteiger partial charge is 0.416 e. The monoisotopic (exact) mass is 632 g/mol. The number of nitrogens with one attached hydrogen (secondary N) is 2. The standard InChI is InChI=1S/C37H39F3N4O2.2H2/c1-2-3-21-41-35(45)34(27-9-5-4-6-10-27)26-43-22-24-44(25-23-43)31-19-17-30(18-20-31)42-36(46)33-12-8-7-11-32(33)28-13-15-29(16-14-28)37(38,39)40;;/h4-20,34H,2-3,21-26H2,1H3,(H,41,45)(H,42,46);2*1H. The molecule has 1 aliphatic rings. The van der Waals surface area contributed by atoms with Crippen molar-refractivity contribution in [1.29, 1.82) is 0 Å². The zero-order valence-electron chi connectivity index (χ0n) is 25.9. The second-order valence-electron chi connectivity index (χ2n) is 11.5. The van der Waals surface area contributed by atoms with Crippen molar-refractivity contribution in [2.75, 3.05) is 49.5 Å². The third-order valence-electron chi connectivity index (χ3n) is 8.35. The summed E-state index contributed by atoms with van der Waals surface area (Å²) in [7, 11) is 0. The van der Waals surface area contributed by atoms with E-state index in [0.29, 0.717) is 35.5 Å².